The summed E-state index contributed by atoms with van der Waals surface area (Å²) in [5.41, 5.74) is -10.6. The van der Waals surface area contributed by atoms with Gasteiger partial charge in [-0.15, -0.1) is 5.21 Å². The van der Waals surface area contributed by atoms with Crippen LogP contribution in [0.5, 0.6) is 0 Å². The highest BCUT2D eigenvalue weighted by molar-refractivity contribution is 7.98. The van der Waals surface area contributed by atoms with Gasteiger partial charge < -0.3 is 14.4 Å². The number of hydrogen-bond donors (Lipinski definition) is 0. The maximum atomic E-state index is 15.6. The molecule has 1 amide bonds. The highest BCUT2D eigenvalue weighted by atomic mass is 32.2. The number of nitrogens with zero attached hydrogens (tertiary/aromatic N) is 4. The lowest BCUT2D eigenvalue weighted by atomic mass is 9.20. The summed E-state index contributed by atoms with van der Waals surface area (Å²) in [7, 11) is 130. The predicted octanol–water partition coefficient (Wildman–Crippen LogP) is -8.54. The number of carbonyl (C=O) groups is 1. The lowest BCUT2D eigenvalue weighted by Crippen LogP contribution is -2.76. The number of amides is 1. The summed E-state index contributed by atoms with van der Waals surface area (Å²) in [5.74, 6) is -2.21. The SMILES string of the molecule is [B]c1c([B])c(-c2c([B])c([B])c(C(F)(F)F)c([B])c2[B])c([B])c([B])c1CN(C(=O)C([B])([B])n1c(SCc2ccc(F)cc2)nc(=O)c2c1C([B])([B])C([B])([B])C2([B])[B])C([B])([B])C([B])([B])N(CC)CC. The maximum absolute atomic E-state index is 15.6. The number of alkyl halides is 3. The van der Waals surface area contributed by atoms with Gasteiger partial charge in [0, 0.05) is 34.5 Å². The molecular formula is C36H18B20F4N4O2S. The van der Waals surface area contributed by atoms with Crippen molar-refractivity contribution in [2.75, 3.05) is 13.1 Å². The fourth-order valence-electron chi connectivity index (χ4n) is 7.96. The topological polar surface area (TPSA) is 58.4 Å². The van der Waals surface area contributed by atoms with Crippen LogP contribution in [0.2, 0.25) is 5.21 Å². The highest BCUT2D eigenvalue weighted by Gasteiger charge is 2.58. The van der Waals surface area contributed by atoms with Crippen molar-refractivity contribution in [3.63, 3.8) is 0 Å². The van der Waals surface area contributed by atoms with Gasteiger partial charge in [-0.05, 0) is 58.2 Å². The van der Waals surface area contributed by atoms with Gasteiger partial charge in [-0.2, -0.15) is 18.2 Å². The molecule has 0 saturated heterocycles. The van der Waals surface area contributed by atoms with E-state index in [4.69, 9.17) is 157 Å². The van der Waals surface area contributed by atoms with Crippen LogP contribution in [-0.2, 0) is 39.0 Å². The third kappa shape index (κ3) is 8.72. The van der Waals surface area contributed by atoms with E-state index in [1.807, 2.05) is 0 Å². The first-order valence-electron chi connectivity index (χ1n) is 19.6. The number of rotatable bonds is 13. The molecule has 0 spiro atoms. The van der Waals surface area contributed by atoms with E-state index >= 15 is 4.79 Å². The summed E-state index contributed by atoms with van der Waals surface area (Å²) >= 11 is 0.718. The Hall–Kier alpha value is -2.66. The first-order chi connectivity index (χ1) is 30.4. The molecule has 31 heteroatoms. The molecule has 288 valence electrons. The van der Waals surface area contributed by atoms with Crippen LogP contribution in [0.25, 0.3) is 11.1 Å². The van der Waals surface area contributed by atoms with Gasteiger partial charge in [0.25, 0.3) is 5.56 Å². The first kappa shape index (κ1) is 55.3. The third-order valence-electron chi connectivity index (χ3n) is 12.1. The Kier molecular flexibility index (Phi) is 15.3. The monoisotopic (exact) mass is 866 g/mol. The van der Waals surface area contributed by atoms with E-state index < -0.39 is 138 Å². The molecule has 3 aromatic carbocycles. The van der Waals surface area contributed by atoms with Gasteiger partial charge in [-0.25, -0.2) is 4.39 Å². The van der Waals surface area contributed by atoms with Crippen LogP contribution in [0.1, 0.15) is 41.8 Å². The number of carbonyl (C=O) groups excluding carboxylic acids is 1. The molecule has 5 rings (SSSR count). The molecule has 0 aliphatic heterocycles. The molecule has 4 aromatic rings. The lowest BCUT2D eigenvalue weighted by molar-refractivity contribution is -0.138. The molecule has 0 saturated carbocycles. The summed E-state index contributed by atoms with van der Waals surface area (Å²) in [5, 5.41) is -16.8. The number of hydrogen-bond acceptors (Lipinski definition) is 5. The quantitative estimate of drug-likeness (QED) is 0.0580. The number of aromatic nitrogens is 2. The molecule has 0 atom stereocenters. The fourth-order valence-corrected chi connectivity index (χ4v) is 8.97. The maximum Gasteiger partial charge on any atom is 0.415 e. The van der Waals surface area contributed by atoms with Gasteiger partial charge in [0.15, 0.2) is 5.16 Å². The lowest BCUT2D eigenvalue weighted by Gasteiger charge is -2.58. The first-order valence-corrected chi connectivity index (χ1v) is 20.6. The molecule has 1 heterocycles. The number of fused-ring (bicyclic) bond motifs is 1. The van der Waals surface area contributed by atoms with Crippen LogP contribution >= 0.6 is 11.8 Å². The van der Waals surface area contributed by atoms with E-state index in [-0.39, 0.29) is 24.4 Å². The van der Waals surface area contributed by atoms with Gasteiger partial charge in [0.05, 0.1) is 78.5 Å². The van der Waals surface area contributed by atoms with Crippen LogP contribution in [0.3, 0.4) is 0 Å². The molecule has 40 radical (unpaired) electrons. The zero-order chi connectivity index (χ0) is 51.3. The van der Waals surface area contributed by atoms with Crippen LogP contribution in [0, 0.1) is 5.82 Å². The summed E-state index contributed by atoms with van der Waals surface area (Å²) in [6.45, 7) is 2.38. The third-order valence-corrected chi connectivity index (χ3v) is 13.1. The second-order valence-electron chi connectivity index (χ2n) is 16.2. The molecule has 1 aliphatic carbocycles. The van der Waals surface area contributed by atoms with E-state index in [0.29, 0.717) is 15.0 Å². The van der Waals surface area contributed by atoms with E-state index in [9.17, 15) is 22.4 Å². The molecule has 1 aliphatic rings. The Balaban J connectivity index is 1.84. The second kappa shape index (κ2) is 18.5. The van der Waals surface area contributed by atoms with Crippen molar-refractivity contribution in [1.82, 2.24) is 19.4 Å². The van der Waals surface area contributed by atoms with E-state index in [2.05, 4.69) is 4.98 Å². The van der Waals surface area contributed by atoms with Gasteiger partial charge >= 0.3 is 6.18 Å². The highest BCUT2D eigenvalue weighted by Crippen LogP contribution is 2.57. The van der Waals surface area contributed by atoms with Crippen molar-refractivity contribution in [3.05, 3.63) is 68.4 Å². The van der Waals surface area contributed by atoms with Gasteiger partial charge in [0.2, 0.25) is 5.91 Å². The predicted molar refractivity (Wildman–Crippen MR) is 276 cm³/mol. The Labute approximate surface area is 419 Å². The van der Waals surface area contributed by atoms with Crippen LogP contribution in [0.4, 0.5) is 17.6 Å². The smallest absolute Gasteiger partial charge is 0.349 e. The molecule has 0 N–H and O–H groups in total. The number of halogens is 4. The minimum Gasteiger partial charge on any atom is -0.349 e. The second-order valence-corrected chi connectivity index (χ2v) is 17.2. The minimum atomic E-state index is -5.10. The largest absolute Gasteiger partial charge is 0.415 e. The van der Waals surface area contributed by atoms with Crippen LogP contribution in [-0.4, -0.2) is 206 Å². The molecule has 0 unspecified atom stereocenters. The van der Waals surface area contributed by atoms with Crippen molar-refractivity contribution in [3.8, 4) is 11.1 Å². The Morgan fingerprint density at radius 2 is 1.15 bits per heavy atom. The van der Waals surface area contributed by atoms with Gasteiger partial charge in [-0.1, -0.05) is 91.9 Å². The number of thioether (sulfide) groups is 1. The summed E-state index contributed by atoms with van der Waals surface area (Å²) in [6.07, 6.45) is -5.10. The number of likely N-dealkylation sites (N-methyl/N-ethyl adjacent to an activating group) is 1. The van der Waals surface area contributed by atoms with Gasteiger partial charge in [-0.3, -0.25) is 9.59 Å². The summed E-state index contributed by atoms with van der Waals surface area (Å²) in [6, 6.07) is 5.12. The standard InChI is InChI=1S/C36H18B20F4N4O2S/c1-3-62(4-2)35(53,54)36(55,56)63(9-13-18(37)20(39)14(21(40)19(13)38)15-22(41)24(43)16(33(58,59)60)25(44)23(15)42)28(66)32(49,50)64-26-17(30(45,46)34(51,52)31(26,47)48)27(65)61-29(64)67-10-11-5-7-12(57)8-6-11/h5-8H,3-4,9-10H2,1-2H3. The molecule has 0 bridgehead atoms. The summed E-state index contributed by atoms with van der Waals surface area (Å²) in [4.78, 5) is 35.5. The Bertz CT molecular complexity index is 2660. The average Bonchev–Trinajstić information content (AvgIpc) is 3.32. The fraction of sp³-hybridized carbons (Fsp3) is 0.361. The molecule has 0 fully saturated rings. The molecule has 67 heavy (non-hydrogen) atoms. The normalized spacial score (nSPS) is 15.6. The average molecular weight is 863 g/mol. The minimum absolute atomic E-state index is 0.0630. The van der Waals surface area contributed by atoms with Crippen molar-refractivity contribution < 1.29 is 22.4 Å². The van der Waals surface area contributed by atoms with Crippen molar-refractivity contribution >= 4 is 218 Å². The van der Waals surface area contributed by atoms with Crippen LogP contribution < -0.4 is 49.3 Å². The van der Waals surface area contributed by atoms with Crippen molar-refractivity contribution in [2.45, 2.75) is 69.1 Å². The van der Waals surface area contributed by atoms with E-state index in [0.717, 1.165) is 23.9 Å². The zero-order valence-electron chi connectivity index (χ0n) is 36.2. The van der Waals surface area contributed by atoms with Crippen LogP contribution in [0.15, 0.2) is 34.2 Å². The number of benzene rings is 3. The zero-order valence-corrected chi connectivity index (χ0v) is 37.0. The molecule has 6 nitrogen and oxygen atoms in total. The van der Waals surface area contributed by atoms with Gasteiger partial charge in [0.1, 0.15) is 84.3 Å². The van der Waals surface area contributed by atoms with E-state index in [1.54, 1.807) is 13.8 Å². The van der Waals surface area contributed by atoms with Crippen molar-refractivity contribution in [1.29, 1.82) is 0 Å². The summed E-state index contributed by atoms with van der Waals surface area (Å²) < 4.78 is 56.6. The Morgan fingerprint density at radius 3 is 1.58 bits per heavy atom. The Morgan fingerprint density at radius 1 is 0.701 bits per heavy atom. The van der Waals surface area contributed by atoms with E-state index in [1.165, 1.54) is 17.0 Å². The molecule has 1 aromatic heterocycles. The molecular weight excluding hydrogens is 845 g/mol. The van der Waals surface area contributed by atoms with Crippen molar-refractivity contribution in [2.24, 2.45) is 0 Å².